The van der Waals surface area contributed by atoms with Gasteiger partial charge in [0.25, 0.3) is 0 Å². The van der Waals surface area contributed by atoms with Gasteiger partial charge in [0.15, 0.2) is 0 Å². The number of aliphatic carboxylic acids is 1. The van der Waals surface area contributed by atoms with Gasteiger partial charge in [-0.05, 0) is 86.3 Å². The van der Waals surface area contributed by atoms with E-state index in [1.165, 1.54) is 24.3 Å². The highest BCUT2D eigenvalue weighted by Gasteiger charge is 2.57. The van der Waals surface area contributed by atoms with Crippen LogP contribution in [0.1, 0.15) is 61.3 Å². The molecular weight excluding hydrogens is 505 g/mol. The average molecular weight is 536 g/mol. The molecule has 1 saturated carbocycles. The van der Waals surface area contributed by atoms with Gasteiger partial charge in [-0.25, -0.2) is 8.78 Å². The zero-order valence-electron chi connectivity index (χ0n) is 21.0. The number of carbonyl (C=O) groups excluding carboxylic acids is 1. The SMILES string of the molecule is CC(F)(c1ccc2c(c1)CC1N(C(=O)[C@H]3CC[C@H](C(=O)O)CC3)CCC21Cc1ccc(F)cc1)C(F)(F)F. The van der Waals surface area contributed by atoms with Crippen LogP contribution >= 0.6 is 0 Å². The average Bonchev–Trinajstić information content (AvgIpc) is 3.37. The van der Waals surface area contributed by atoms with E-state index >= 15 is 0 Å². The highest BCUT2D eigenvalue weighted by atomic mass is 19.4. The van der Waals surface area contributed by atoms with E-state index in [0.717, 1.165) is 11.1 Å². The molecule has 0 bridgehead atoms. The lowest BCUT2D eigenvalue weighted by Crippen LogP contribution is -2.46. The van der Waals surface area contributed by atoms with Crippen LogP contribution in [-0.4, -0.2) is 40.6 Å². The van der Waals surface area contributed by atoms with Crippen LogP contribution in [0.4, 0.5) is 22.0 Å². The number of hydrogen-bond donors (Lipinski definition) is 1. The number of fused-ring (bicyclic) bond motifs is 3. The molecule has 2 fully saturated rings. The fourth-order valence-corrected chi connectivity index (χ4v) is 6.83. The van der Waals surface area contributed by atoms with Crippen molar-refractivity contribution in [3.63, 3.8) is 0 Å². The Hall–Kier alpha value is -2.97. The van der Waals surface area contributed by atoms with E-state index in [9.17, 15) is 36.6 Å². The summed E-state index contributed by atoms with van der Waals surface area (Å²) in [6, 6.07) is 9.78. The van der Waals surface area contributed by atoms with Gasteiger partial charge in [0.2, 0.25) is 11.6 Å². The zero-order valence-corrected chi connectivity index (χ0v) is 21.0. The molecular formula is C29H30F5NO3. The van der Waals surface area contributed by atoms with Crippen molar-refractivity contribution in [1.82, 2.24) is 4.90 Å². The van der Waals surface area contributed by atoms with Crippen molar-refractivity contribution in [2.75, 3.05) is 6.54 Å². The molecule has 3 unspecified atom stereocenters. The van der Waals surface area contributed by atoms with Crippen molar-refractivity contribution in [3.8, 4) is 0 Å². The second-order valence-electron chi connectivity index (χ2n) is 11.2. The number of carbonyl (C=O) groups is 2. The second kappa shape index (κ2) is 9.35. The normalized spacial score (nSPS) is 28.5. The maximum absolute atomic E-state index is 14.8. The maximum atomic E-state index is 14.8. The Bertz CT molecular complexity index is 1230. The van der Waals surface area contributed by atoms with Gasteiger partial charge in [-0.15, -0.1) is 0 Å². The molecule has 3 aliphatic rings. The fourth-order valence-electron chi connectivity index (χ4n) is 6.83. The van der Waals surface area contributed by atoms with Crippen LogP contribution in [0.2, 0.25) is 0 Å². The minimum Gasteiger partial charge on any atom is -0.481 e. The molecule has 0 radical (unpaired) electrons. The van der Waals surface area contributed by atoms with E-state index in [4.69, 9.17) is 0 Å². The number of benzene rings is 2. The van der Waals surface area contributed by atoms with Crippen molar-refractivity contribution >= 4 is 11.9 Å². The third-order valence-corrected chi connectivity index (χ3v) is 9.08. The van der Waals surface area contributed by atoms with Gasteiger partial charge in [-0.2, -0.15) is 13.2 Å². The molecule has 204 valence electrons. The lowest BCUT2D eigenvalue weighted by molar-refractivity contribution is -0.228. The van der Waals surface area contributed by atoms with Gasteiger partial charge in [-0.1, -0.05) is 30.3 Å². The third-order valence-electron chi connectivity index (χ3n) is 9.08. The summed E-state index contributed by atoms with van der Waals surface area (Å²) in [7, 11) is 0. The molecule has 3 atom stereocenters. The van der Waals surface area contributed by atoms with Gasteiger partial charge >= 0.3 is 12.1 Å². The summed E-state index contributed by atoms with van der Waals surface area (Å²) in [5.41, 5.74) is -2.33. The molecule has 1 amide bonds. The number of amides is 1. The first kappa shape index (κ1) is 26.6. The van der Waals surface area contributed by atoms with Crippen molar-refractivity contribution in [1.29, 1.82) is 0 Å². The number of halogens is 5. The molecule has 1 saturated heterocycles. The highest BCUT2D eigenvalue weighted by molar-refractivity contribution is 5.81. The fraction of sp³-hybridized carbons (Fsp3) is 0.517. The van der Waals surface area contributed by atoms with Gasteiger partial charge in [0.1, 0.15) is 5.82 Å². The van der Waals surface area contributed by atoms with Crippen molar-refractivity contribution in [2.24, 2.45) is 11.8 Å². The molecule has 2 aliphatic carbocycles. The monoisotopic (exact) mass is 535 g/mol. The smallest absolute Gasteiger partial charge is 0.426 e. The lowest BCUT2D eigenvalue weighted by atomic mass is 9.73. The Balaban J connectivity index is 1.48. The topological polar surface area (TPSA) is 57.6 Å². The van der Waals surface area contributed by atoms with E-state index in [1.807, 2.05) is 4.90 Å². The number of likely N-dealkylation sites (tertiary alicyclic amines) is 1. The van der Waals surface area contributed by atoms with Gasteiger partial charge in [0.05, 0.1) is 5.92 Å². The number of nitrogens with zero attached hydrogens (tertiary/aromatic N) is 1. The van der Waals surface area contributed by atoms with Crippen molar-refractivity contribution in [3.05, 3.63) is 70.5 Å². The molecule has 5 rings (SSSR count). The first-order valence-electron chi connectivity index (χ1n) is 13.0. The minimum absolute atomic E-state index is 0.0570. The first-order valence-corrected chi connectivity index (χ1v) is 13.0. The number of hydrogen-bond acceptors (Lipinski definition) is 2. The molecule has 1 N–H and O–H groups in total. The number of alkyl halides is 4. The standard InChI is InChI=1S/C29H30F5NO3/c1-27(31,29(32,33)34)21-8-11-23-20(14-21)15-24-28(23,16-17-2-9-22(30)10-3-17)12-13-35(24)25(36)18-4-6-19(7-5-18)26(37)38/h2-3,8-11,14,18-19,24H,4-7,12-13,15-16H2,1H3,(H,37,38)/t18-,19-,24?,27?,28?. The molecule has 2 aromatic carbocycles. The Kier molecular flexibility index (Phi) is 6.55. The quantitative estimate of drug-likeness (QED) is 0.471. The summed E-state index contributed by atoms with van der Waals surface area (Å²) in [4.78, 5) is 26.8. The summed E-state index contributed by atoms with van der Waals surface area (Å²) < 4.78 is 68.8. The molecule has 4 nitrogen and oxygen atoms in total. The maximum Gasteiger partial charge on any atom is 0.426 e. The summed E-state index contributed by atoms with van der Waals surface area (Å²) in [6.45, 7) is 0.982. The number of carboxylic acid groups (broad SMARTS) is 1. The minimum atomic E-state index is -5.07. The van der Waals surface area contributed by atoms with Gasteiger partial charge < -0.3 is 10.0 Å². The molecule has 9 heteroatoms. The summed E-state index contributed by atoms with van der Waals surface area (Å²) in [5.74, 6) is -2.04. The molecule has 1 heterocycles. The summed E-state index contributed by atoms with van der Waals surface area (Å²) in [5, 5.41) is 9.30. The van der Waals surface area contributed by atoms with E-state index in [0.29, 0.717) is 64.0 Å². The van der Waals surface area contributed by atoms with Crippen LogP contribution in [0.5, 0.6) is 0 Å². The van der Waals surface area contributed by atoms with Crippen LogP contribution < -0.4 is 0 Å². The number of rotatable bonds is 5. The van der Waals surface area contributed by atoms with Gasteiger partial charge in [-0.3, -0.25) is 9.59 Å². The predicted octanol–water partition coefficient (Wildman–Crippen LogP) is 6.10. The van der Waals surface area contributed by atoms with Crippen LogP contribution in [-0.2, 0) is 33.5 Å². The highest BCUT2D eigenvalue weighted by Crippen LogP contribution is 2.53. The van der Waals surface area contributed by atoms with E-state index < -0.39 is 34.7 Å². The lowest BCUT2D eigenvalue weighted by Gasteiger charge is -2.36. The Morgan fingerprint density at radius 2 is 1.63 bits per heavy atom. The number of carboxylic acids is 1. The van der Waals surface area contributed by atoms with Crippen molar-refractivity contribution in [2.45, 2.75) is 75.2 Å². The molecule has 38 heavy (non-hydrogen) atoms. The molecule has 0 spiro atoms. The first-order chi connectivity index (χ1) is 17.8. The van der Waals surface area contributed by atoms with Gasteiger partial charge in [0, 0.05) is 23.9 Å². The van der Waals surface area contributed by atoms with Crippen LogP contribution in [0.15, 0.2) is 42.5 Å². The molecule has 2 aromatic rings. The van der Waals surface area contributed by atoms with Crippen LogP contribution in [0.3, 0.4) is 0 Å². The third kappa shape index (κ3) is 4.37. The Morgan fingerprint density at radius 3 is 2.24 bits per heavy atom. The van der Waals surface area contributed by atoms with E-state index in [-0.39, 0.29) is 23.7 Å². The zero-order chi connectivity index (χ0) is 27.5. The second-order valence-corrected chi connectivity index (χ2v) is 11.2. The Labute approximate surface area is 217 Å². The van der Waals surface area contributed by atoms with Crippen LogP contribution in [0.25, 0.3) is 0 Å². The molecule has 0 aromatic heterocycles. The Morgan fingerprint density at radius 1 is 1.00 bits per heavy atom. The van der Waals surface area contributed by atoms with Crippen LogP contribution in [0, 0.1) is 17.7 Å². The van der Waals surface area contributed by atoms with E-state index in [2.05, 4.69) is 0 Å². The largest absolute Gasteiger partial charge is 0.481 e. The van der Waals surface area contributed by atoms with E-state index in [1.54, 1.807) is 18.2 Å². The van der Waals surface area contributed by atoms with Crippen molar-refractivity contribution < 1.29 is 36.6 Å². The summed E-state index contributed by atoms with van der Waals surface area (Å²) >= 11 is 0. The predicted molar refractivity (Wildman–Crippen MR) is 130 cm³/mol. The summed E-state index contributed by atoms with van der Waals surface area (Å²) in [6.07, 6.45) is -1.91. The molecule has 1 aliphatic heterocycles.